The first kappa shape index (κ1) is 21.2. The number of hydrogen-bond acceptors (Lipinski definition) is 4. The number of hydrogen-bond donors (Lipinski definition) is 2. The highest BCUT2D eigenvalue weighted by Crippen LogP contribution is 2.38. The summed E-state index contributed by atoms with van der Waals surface area (Å²) in [6.45, 7) is 7.20. The Hall–Kier alpha value is -3.09. The van der Waals surface area contributed by atoms with Gasteiger partial charge < -0.3 is 10.3 Å². The van der Waals surface area contributed by atoms with Crippen molar-refractivity contribution in [2.75, 3.05) is 6.54 Å². The molecule has 0 saturated carbocycles. The van der Waals surface area contributed by atoms with Gasteiger partial charge >= 0.3 is 0 Å². The van der Waals surface area contributed by atoms with E-state index in [4.69, 9.17) is 0 Å². The maximum absolute atomic E-state index is 13.5. The number of H-pyrrole nitrogens is 1. The molecule has 0 radical (unpaired) electrons. The average Bonchev–Trinajstić information content (AvgIpc) is 3.15. The van der Waals surface area contributed by atoms with Crippen LogP contribution in [0.1, 0.15) is 43.5 Å². The van der Waals surface area contributed by atoms with Crippen molar-refractivity contribution in [1.82, 2.24) is 25.3 Å². The fourth-order valence-corrected chi connectivity index (χ4v) is 4.59. The van der Waals surface area contributed by atoms with E-state index in [-0.39, 0.29) is 17.6 Å². The highest BCUT2D eigenvalue weighted by atomic mass is 19.1. The molecule has 7 heteroatoms. The first-order valence-electron chi connectivity index (χ1n) is 10.8. The van der Waals surface area contributed by atoms with E-state index in [9.17, 15) is 9.18 Å². The highest BCUT2D eigenvalue weighted by molar-refractivity contribution is 5.91. The predicted molar refractivity (Wildman–Crippen MR) is 118 cm³/mol. The Bertz CT molecular complexity index is 1090. The first-order chi connectivity index (χ1) is 14.9. The molecule has 0 saturated heterocycles. The number of nitrogens with zero attached hydrogens (tertiary/aromatic N) is 3. The number of aromatic amines is 1. The Labute approximate surface area is 181 Å². The second-order valence-corrected chi connectivity index (χ2v) is 8.76. The summed E-state index contributed by atoms with van der Waals surface area (Å²) in [5.74, 6) is 1.98. The van der Waals surface area contributed by atoms with Crippen molar-refractivity contribution in [2.24, 2.45) is 23.7 Å². The van der Waals surface area contributed by atoms with Gasteiger partial charge in [-0.05, 0) is 55.2 Å². The zero-order valence-electron chi connectivity index (χ0n) is 18.1. The Balaban J connectivity index is 1.47. The van der Waals surface area contributed by atoms with Crippen LogP contribution in [-0.2, 0) is 6.42 Å². The van der Waals surface area contributed by atoms with E-state index in [0.29, 0.717) is 30.0 Å². The van der Waals surface area contributed by atoms with Crippen LogP contribution in [0, 0.1) is 29.5 Å². The van der Waals surface area contributed by atoms with E-state index in [2.05, 4.69) is 52.1 Å². The van der Waals surface area contributed by atoms with Crippen molar-refractivity contribution in [3.8, 4) is 0 Å². The van der Waals surface area contributed by atoms with Gasteiger partial charge in [0.2, 0.25) is 0 Å². The van der Waals surface area contributed by atoms with Crippen molar-refractivity contribution in [3.63, 3.8) is 0 Å². The van der Waals surface area contributed by atoms with Crippen molar-refractivity contribution in [1.29, 1.82) is 0 Å². The lowest BCUT2D eigenvalue weighted by atomic mass is 9.70. The van der Waals surface area contributed by atoms with Gasteiger partial charge in [0.1, 0.15) is 17.3 Å². The summed E-state index contributed by atoms with van der Waals surface area (Å²) in [4.78, 5) is 28.3. The number of nitrogens with one attached hydrogen (secondary N) is 2. The Morgan fingerprint density at radius 1 is 1.32 bits per heavy atom. The number of imidazole rings is 1. The third-order valence-electron chi connectivity index (χ3n) is 6.31. The topological polar surface area (TPSA) is 83.6 Å². The van der Waals surface area contributed by atoms with Crippen LogP contribution in [0.5, 0.6) is 0 Å². The molecule has 2 aromatic heterocycles. The number of carbonyl (C=O) groups is 1. The quantitative estimate of drug-likeness (QED) is 0.581. The van der Waals surface area contributed by atoms with Crippen molar-refractivity contribution >= 4 is 16.9 Å². The summed E-state index contributed by atoms with van der Waals surface area (Å²) >= 11 is 0. The molecule has 2 heterocycles. The summed E-state index contributed by atoms with van der Waals surface area (Å²) in [6, 6.07) is 4.64. The van der Waals surface area contributed by atoms with E-state index in [1.807, 2.05) is 0 Å². The van der Waals surface area contributed by atoms with Crippen LogP contribution in [0.25, 0.3) is 11.0 Å². The van der Waals surface area contributed by atoms with E-state index >= 15 is 0 Å². The summed E-state index contributed by atoms with van der Waals surface area (Å²) in [7, 11) is 0. The zero-order chi connectivity index (χ0) is 22.0. The molecule has 1 amide bonds. The number of carbonyl (C=O) groups excluding carboxylic acids is 1. The van der Waals surface area contributed by atoms with E-state index in [1.165, 1.54) is 30.1 Å². The highest BCUT2D eigenvalue weighted by Gasteiger charge is 2.32. The molecule has 3 atom stereocenters. The average molecular weight is 422 g/mol. The van der Waals surface area contributed by atoms with Gasteiger partial charge in [0.05, 0.1) is 17.2 Å². The maximum atomic E-state index is 13.5. The molecule has 0 aliphatic heterocycles. The molecule has 0 spiro atoms. The zero-order valence-corrected chi connectivity index (χ0v) is 18.1. The molecule has 1 aromatic carbocycles. The molecule has 2 N–H and O–H groups in total. The van der Waals surface area contributed by atoms with Crippen molar-refractivity contribution in [3.05, 3.63) is 65.8 Å². The normalized spacial score (nSPS) is 21.3. The van der Waals surface area contributed by atoms with Gasteiger partial charge in [-0.1, -0.05) is 25.5 Å². The van der Waals surface area contributed by atoms with Gasteiger partial charge in [0.15, 0.2) is 0 Å². The van der Waals surface area contributed by atoms with E-state index in [1.54, 1.807) is 12.3 Å². The minimum absolute atomic E-state index is 0.196. The molecule has 3 unspecified atom stereocenters. The first-order valence-corrected chi connectivity index (χ1v) is 10.8. The fraction of sp³-hybridized carbons (Fsp3) is 0.417. The molecular weight excluding hydrogens is 393 g/mol. The molecule has 3 aromatic rings. The van der Waals surface area contributed by atoms with Crippen LogP contribution in [0.4, 0.5) is 4.39 Å². The minimum atomic E-state index is -0.261. The molecule has 162 valence electrons. The number of rotatable bonds is 6. The Kier molecular flexibility index (Phi) is 6.11. The number of halogens is 1. The molecule has 1 aliphatic rings. The lowest BCUT2D eigenvalue weighted by Crippen LogP contribution is -2.37. The second-order valence-electron chi connectivity index (χ2n) is 8.76. The molecule has 31 heavy (non-hydrogen) atoms. The third kappa shape index (κ3) is 4.81. The molecular formula is C24H28FN5O. The molecule has 1 aliphatic carbocycles. The SMILES string of the molecule is CC1=CC(CNC(=O)c2cnccn2)C(C(C)C)CC1Cc1nc2ccc(F)cc2[nH]1. The summed E-state index contributed by atoms with van der Waals surface area (Å²) < 4.78 is 13.5. The van der Waals surface area contributed by atoms with Crippen LogP contribution in [0.15, 0.2) is 48.4 Å². The Morgan fingerprint density at radius 3 is 2.90 bits per heavy atom. The van der Waals surface area contributed by atoms with Gasteiger partial charge in [-0.25, -0.2) is 14.4 Å². The van der Waals surface area contributed by atoms with Gasteiger partial charge in [-0.2, -0.15) is 0 Å². The largest absolute Gasteiger partial charge is 0.350 e. The maximum Gasteiger partial charge on any atom is 0.271 e. The minimum Gasteiger partial charge on any atom is -0.350 e. The number of amides is 1. The van der Waals surface area contributed by atoms with Gasteiger partial charge in [0.25, 0.3) is 5.91 Å². The van der Waals surface area contributed by atoms with Crippen molar-refractivity contribution in [2.45, 2.75) is 33.6 Å². The van der Waals surface area contributed by atoms with E-state index in [0.717, 1.165) is 29.7 Å². The molecule has 6 nitrogen and oxygen atoms in total. The standard InChI is InChI=1S/C24H28FN5O/c1-14(2)19-9-16(10-23-29-20-5-4-18(25)11-21(20)30-23)15(3)8-17(19)12-28-24(31)22-13-26-6-7-27-22/h4-8,11,13-14,16-17,19H,9-10,12H2,1-3H3,(H,28,31)(H,29,30). The van der Waals surface area contributed by atoms with E-state index < -0.39 is 0 Å². The predicted octanol–water partition coefficient (Wildman–Crippen LogP) is 4.32. The number of fused-ring (bicyclic) bond motifs is 1. The lowest BCUT2D eigenvalue weighted by molar-refractivity contribution is 0.0933. The summed E-state index contributed by atoms with van der Waals surface area (Å²) in [5, 5.41) is 3.02. The van der Waals surface area contributed by atoms with Gasteiger partial charge in [-0.15, -0.1) is 0 Å². The molecule has 0 bridgehead atoms. The monoisotopic (exact) mass is 421 g/mol. The van der Waals surface area contributed by atoms with Crippen LogP contribution in [0.2, 0.25) is 0 Å². The van der Waals surface area contributed by atoms with Crippen LogP contribution >= 0.6 is 0 Å². The van der Waals surface area contributed by atoms with Gasteiger partial charge in [0, 0.05) is 25.4 Å². The second kappa shape index (κ2) is 8.96. The number of aromatic nitrogens is 4. The number of benzene rings is 1. The smallest absolute Gasteiger partial charge is 0.271 e. The summed E-state index contributed by atoms with van der Waals surface area (Å²) in [5.41, 5.74) is 3.16. The van der Waals surface area contributed by atoms with Crippen LogP contribution in [-0.4, -0.2) is 32.4 Å². The van der Waals surface area contributed by atoms with Gasteiger partial charge in [-0.3, -0.25) is 9.78 Å². The molecule has 0 fully saturated rings. The fourth-order valence-electron chi connectivity index (χ4n) is 4.59. The molecule has 4 rings (SSSR count). The van der Waals surface area contributed by atoms with Crippen LogP contribution in [0.3, 0.4) is 0 Å². The van der Waals surface area contributed by atoms with Crippen molar-refractivity contribution < 1.29 is 9.18 Å². The van der Waals surface area contributed by atoms with Crippen LogP contribution < -0.4 is 5.32 Å². The Morgan fingerprint density at radius 2 is 2.16 bits per heavy atom. The third-order valence-corrected chi connectivity index (χ3v) is 6.31. The lowest BCUT2D eigenvalue weighted by Gasteiger charge is -2.37. The summed E-state index contributed by atoms with van der Waals surface area (Å²) in [6.07, 6.45) is 8.67. The number of allylic oxidation sites excluding steroid dienone is 1.